The van der Waals surface area contributed by atoms with Crippen molar-refractivity contribution in [3.05, 3.63) is 34.2 Å². The number of nitrogens with one attached hydrogen (secondary N) is 2. The van der Waals surface area contributed by atoms with Crippen molar-refractivity contribution in [2.24, 2.45) is 0 Å². The molecular formula is C11H11Cl2FN2. The van der Waals surface area contributed by atoms with E-state index >= 15 is 0 Å². The highest BCUT2D eigenvalue weighted by atomic mass is 35.5. The first kappa shape index (κ1) is 11.7. The lowest BCUT2D eigenvalue weighted by Crippen LogP contribution is -2.22. The van der Waals surface area contributed by atoms with Crippen molar-refractivity contribution in [2.45, 2.75) is 13.0 Å². The fourth-order valence-corrected chi connectivity index (χ4v) is 2.40. The second-order valence-corrected chi connectivity index (χ2v) is 4.26. The quantitative estimate of drug-likeness (QED) is 0.749. The van der Waals surface area contributed by atoms with Gasteiger partial charge in [0.25, 0.3) is 0 Å². The van der Waals surface area contributed by atoms with Crippen LogP contribution in [-0.2, 0) is 13.0 Å². The Morgan fingerprint density at radius 3 is 2.94 bits per heavy atom. The van der Waals surface area contributed by atoms with E-state index in [1.54, 1.807) is 0 Å². The fraction of sp³-hybridized carbons (Fsp3) is 0.273. The van der Waals surface area contributed by atoms with Crippen molar-refractivity contribution in [1.29, 1.82) is 0 Å². The Balaban J connectivity index is 0.000000963. The van der Waals surface area contributed by atoms with E-state index in [4.69, 9.17) is 11.6 Å². The van der Waals surface area contributed by atoms with Crippen molar-refractivity contribution in [1.82, 2.24) is 10.3 Å². The number of aromatic amines is 1. The number of benzene rings is 1. The maximum atomic E-state index is 13.6. The number of hydrogen-bond donors (Lipinski definition) is 2. The van der Waals surface area contributed by atoms with E-state index in [1.165, 1.54) is 11.6 Å². The molecule has 16 heavy (non-hydrogen) atoms. The third kappa shape index (κ3) is 1.69. The van der Waals surface area contributed by atoms with Gasteiger partial charge in [0, 0.05) is 22.6 Å². The predicted octanol–water partition coefficient (Wildman–Crippen LogP) is 3.03. The number of hydrogen-bond acceptors (Lipinski definition) is 1. The Kier molecular flexibility index (Phi) is 3.10. The lowest BCUT2D eigenvalue weighted by molar-refractivity contribution is 0.630. The molecular weight excluding hydrogens is 250 g/mol. The maximum absolute atomic E-state index is 13.6. The van der Waals surface area contributed by atoms with Gasteiger partial charge in [0.05, 0.1) is 5.52 Å². The summed E-state index contributed by atoms with van der Waals surface area (Å²) in [5.41, 5.74) is 2.86. The second kappa shape index (κ2) is 4.24. The van der Waals surface area contributed by atoms with E-state index in [0.29, 0.717) is 10.5 Å². The van der Waals surface area contributed by atoms with Gasteiger partial charge < -0.3 is 10.3 Å². The van der Waals surface area contributed by atoms with Gasteiger partial charge in [-0.1, -0.05) is 11.6 Å². The van der Waals surface area contributed by atoms with Gasteiger partial charge in [0.1, 0.15) is 5.82 Å². The highest BCUT2D eigenvalue weighted by Crippen LogP contribution is 2.29. The summed E-state index contributed by atoms with van der Waals surface area (Å²) in [6.45, 7) is 1.72. The van der Waals surface area contributed by atoms with Crippen molar-refractivity contribution < 1.29 is 4.39 Å². The zero-order valence-corrected chi connectivity index (χ0v) is 10.0. The summed E-state index contributed by atoms with van der Waals surface area (Å²) in [5, 5.41) is 4.64. The highest BCUT2D eigenvalue weighted by Gasteiger charge is 2.17. The molecule has 2 heterocycles. The first-order valence-corrected chi connectivity index (χ1v) is 5.32. The van der Waals surface area contributed by atoms with Crippen molar-refractivity contribution in [3.8, 4) is 0 Å². The molecule has 0 spiro atoms. The van der Waals surface area contributed by atoms with E-state index in [1.807, 2.05) is 6.07 Å². The van der Waals surface area contributed by atoms with Crippen LogP contribution in [0.4, 0.5) is 4.39 Å². The summed E-state index contributed by atoms with van der Waals surface area (Å²) in [6.07, 6.45) is 0.926. The van der Waals surface area contributed by atoms with E-state index < -0.39 is 0 Å². The summed E-state index contributed by atoms with van der Waals surface area (Å²) >= 11 is 5.85. The van der Waals surface area contributed by atoms with Crippen LogP contribution >= 0.6 is 24.0 Å². The lowest BCUT2D eigenvalue weighted by atomic mass is 10.0. The van der Waals surface area contributed by atoms with Crippen molar-refractivity contribution in [2.75, 3.05) is 6.54 Å². The molecule has 1 aliphatic rings. The Bertz CT molecular complexity index is 536. The molecule has 1 aromatic carbocycles. The molecule has 0 fully saturated rings. The van der Waals surface area contributed by atoms with E-state index in [-0.39, 0.29) is 18.2 Å². The molecule has 0 saturated carbocycles. The summed E-state index contributed by atoms with van der Waals surface area (Å²) < 4.78 is 13.6. The Labute approximate surface area is 104 Å². The van der Waals surface area contributed by atoms with Crippen LogP contribution in [0.5, 0.6) is 0 Å². The third-order valence-electron chi connectivity index (χ3n) is 2.87. The second-order valence-electron chi connectivity index (χ2n) is 3.82. The van der Waals surface area contributed by atoms with Gasteiger partial charge in [-0.15, -0.1) is 12.4 Å². The molecule has 0 atom stereocenters. The molecule has 0 radical (unpaired) electrons. The molecule has 5 heteroatoms. The SMILES string of the molecule is Cl.Fc1cc(Cl)cc2c3c([nH]c12)CNCC3. The number of halogens is 3. The normalized spacial score (nSPS) is 14.6. The molecule has 0 unspecified atom stereocenters. The molecule has 2 nitrogen and oxygen atoms in total. The smallest absolute Gasteiger partial charge is 0.148 e. The Morgan fingerprint density at radius 1 is 1.31 bits per heavy atom. The molecule has 0 amide bonds. The zero-order valence-electron chi connectivity index (χ0n) is 8.44. The van der Waals surface area contributed by atoms with Crippen LogP contribution < -0.4 is 5.32 Å². The summed E-state index contributed by atoms with van der Waals surface area (Å²) in [7, 11) is 0. The summed E-state index contributed by atoms with van der Waals surface area (Å²) in [5.74, 6) is -0.271. The fourth-order valence-electron chi connectivity index (χ4n) is 2.19. The standard InChI is InChI=1S/C11H10ClFN2.ClH/c12-6-3-8-7-1-2-14-5-10(7)15-11(8)9(13)4-6;/h3-4,14-15H,1-2,5H2;1H. The van der Waals surface area contributed by atoms with E-state index in [0.717, 1.165) is 30.6 Å². The van der Waals surface area contributed by atoms with Gasteiger partial charge in [-0.3, -0.25) is 0 Å². The minimum Gasteiger partial charge on any atom is -0.355 e. The molecule has 0 bridgehead atoms. The molecule has 3 rings (SSSR count). The first-order valence-electron chi connectivity index (χ1n) is 4.95. The molecule has 2 N–H and O–H groups in total. The highest BCUT2D eigenvalue weighted by molar-refractivity contribution is 6.31. The number of H-pyrrole nitrogens is 1. The van der Waals surface area contributed by atoms with Crippen molar-refractivity contribution in [3.63, 3.8) is 0 Å². The Hall–Kier alpha value is -0.770. The van der Waals surface area contributed by atoms with Crippen LogP contribution in [0.1, 0.15) is 11.3 Å². The number of fused-ring (bicyclic) bond motifs is 3. The third-order valence-corrected chi connectivity index (χ3v) is 3.09. The summed E-state index contributed by atoms with van der Waals surface area (Å²) in [4.78, 5) is 3.12. The Morgan fingerprint density at radius 2 is 2.12 bits per heavy atom. The first-order chi connectivity index (χ1) is 7.25. The summed E-state index contributed by atoms with van der Waals surface area (Å²) in [6, 6.07) is 3.18. The molecule has 0 saturated heterocycles. The van der Waals surface area contributed by atoms with E-state index in [9.17, 15) is 4.39 Å². The monoisotopic (exact) mass is 260 g/mol. The molecule has 0 aliphatic carbocycles. The predicted molar refractivity (Wildman–Crippen MR) is 65.9 cm³/mol. The molecule has 86 valence electrons. The molecule has 1 aliphatic heterocycles. The topological polar surface area (TPSA) is 27.8 Å². The van der Waals surface area contributed by atoms with Gasteiger partial charge in [-0.25, -0.2) is 4.39 Å². The van der Waals surface area contributed by atoms with Crippen LogP contribution in [0, 0.1) is 5.82 Å². The van der Waals surface area contributed by atoms with Crippen LogP contribution in [-0.4, -0.2) is 11.5 Å². The van der Waals surface area contributed by atoms with Gasteiger partial charge >= 0.3 is 0 Å². The molecule has 1 aromatic heterocycles. The van der Waals surface area contributed by atoms with Gasteiger partial charge in [-0.2, -0.15) is 0 Å². The van der Waals surface area contributed by atoms with Crippen LogP contribution in [0.2, 0.25) is 5.02 Å². The van der Waals surface area contributed by atoms with Gasteiger partial charge in [0.2, 0.25) is 0 Å². The minimum absolute atomic E-state index is 0. The number of aromatic nitrogens is 1. The maximum Gasteiger partial charge on any atom is 0.148 e. The minimum atomic E-state index is -0.271. The van der Waals surface area contributed by atoms with Crippen LogP contribution in [0.3, 0.4) is 0 Å². The van der Waals surface area contributed by atoms with E-state index in [2.05, 4.69) is 10.3 Å². The average Bonchev–Trinajstić information content (AvgIpc) is 2.57. The van der Waals surface area contributed by atoms with Crippen LogP contribution in [0.25, 0.3) is 10.9 Å². The van der Waals surface area contributed by atoms with Crippen LogP contribution in [0.15, 0.2) is 12.1 Å². The zero-order chi connectivity index (χ0) is 10.4. The van der Waals surface area contributed by atoms with Gasteiger partial charge in [0.15, 0.2) is 0 Å². The molecule has 2 aromatic rings. The number of rotatable bonds is 0. The average molecular weight is 261 g/mol. The van der Waals surface area contributed by atoms with Gasteiger partial charge in [-0.05, 0) is 30.7 Å². The largest absolute Gasteiger partial charge is 0.355 e. The van der Waals surface area contributed by atoms with Crippen molar-refractivity contribution >= 4 is 34.9 Å². The lowest BCUT2D eigenvalue weighted by Gasteiger charge is -2.12.